The van der Waals surface area contributed by atoms with Crippen LogP contribution in [0.5, 0.6) is 5.75 Å². The van der Waals surface area contributed by atoms with Gasteiger partial charge in [0.2, 0.25) is 0 Å². The maximum atomic E-state index is 11.3. The van der Waals surface area contributed by atoms with E-state index in [1.165, 1.54) is 6.07 Å². The molecule has 0 N–H and O–H groups in total. The predicted octanol–water partition coefficient (Wildman–Crippen LogP) is 5.79. The SMILES string of the molecule is CC/C=C\CC/C=C/C=C\C=C\[C@@H](C=O)CCOc1ccc2ccc(=O)oc2c1. The number of carbonyl (C=O) groups is 1. The number of carbonyl (C=O) groups excluding carboxylic acids is 1. The van der Waals surface area contributed by atoms with E-state index >= 15 is 0 Å². The molecule has 0 aliphatic rings. The van der Waals surface area contributed by atoms with Gasteiger partial charge in [-0.3, -0.25) is 0 Å². The molecule has 152 valence electrons. The molecule has 2 aromatic rings. The maximum absolute atomic E-state index is 11.3. The summed E-state index contributed by atoms with van der Waals surface area (Å²) < 4.78 is 10.8. The van der Waals surface area contributed by atoms with Crippen LogP contribution in [-0.2, 0) is 4.79 Å². The molecule has 29 heavy (non-hydrogen) atoms. The summed E-state index contributed by atoms with van der Waals surface area (Å²) >= 11 is 0. The van der Waals surface area contributed by atoms with Gasteiger partial charge in [-0.25, -0.2) is 4.79 Å². The molecule has 1 atom stereocenters. The molecule has 0 radical (unpaired) electrons. The minimum atomic E-state index is -0.392. The number of unbranched alkanes of at least 4 members (excludes halogenated alkanes) is 1. The topological polar surface area (TPSA) is 56.5 Å². The minimum Gasteiger partial charge on any atom is -0.493 e. The second kappa shape index (κ2) is 13.1. The molecule has 0 amide bonds. The van der Waals surface area contributed by atoms with Crippen molar-refractivity contribution in [1.29, 1.82) is 0 Å². The lowest BCUT2D eigenvalue weighted by Gasteiger charge is -2.08. The number of ether oxygens (including phenoxy) is 1. The van der Waals surface area contributed by atoms with Crippen LogP contribution in [0.15, 0.2) is 88.2 Å². The van der Waals surface area contributed by atoms with Crippen molar-refractivity contribution in [2.24, 2.45) is 5.92 Å². The monoisotopic (exact) mass is 392 g/mol. The summed E-state index contributed by atoms with van der Waals surface area (Å²) in [6.45, 7) is 2.52. The molecule has 0 aliphatic carbocycles. The molecule has 4 nitrogen and oxygen atoms in total. The van der Waals surface area contributed by atoms with Crippen molar-refractivity contribution in [2.75, 3.05) is 6.61 Å². The van der Waals surface area contributed by atoms with Crippen LogP contribution in [0.2, 0.25) is 0 Å². The molecular formula is C25H28O4. The van der Waals surface area contributed by atoms with Gasteiger partial charge in [0.15, 0.2) is 0 Å². The van der Waals surface area contributed by atoms with Crippen molar-refractivity contribution in [3.05, 3.63) is 89.4 Å². The van der Waals surface area contributed by atoms with E-state index in [4.69, 9.17) is 9.15 Å². The van der Waals surface area contributed by atoms with Gasteiger partial charge in [-0.15, -0.1) is 0 Å². The van der Waals surface area contributed by atoms with Crippen LogP contribution >= 0.6 is 0 Å². The maximum Gasteiger partial charge on any atom is 0.336 e. The highest BCUT2D eigenvalue weighted by atomic mass is 16.5. The van der Waals surface area contributed by atoms with Gasteiger partial charge in [0.1, 0.15) is 17.6 Å². The number of hydrogen-bond donors (Lipinski definition) is 0. The third-order valence-electron chi connectivity index (χ3n) is 4.22. The Hall–Kier alpha value is -3.14. The van der Waals surface area contributed by atoms with Gasteiger partial charge in [-0.2, -0.15) is 0 Å². The fourth-order valence-electron chi connectivity index (χ4n) is 2.64. The van der Waals surface area contributed by atoms with Crippen LogP contribution in [0, 0.1) is 5.92 Å². The molecule has 2 rings (SSSR count). The number of rotatable bonds is 12. The number of fused-ring (bicyclic) bond motifs is 1. The summed E-state index contributed by atoms with van der Waals surface area (Å²) in [4.78, 5) is 22.6. The molecule has 1 aromatic heterocycles. The molecule has 0 unspecified atom stereocenters. The van der Waals surface area contributed by atoms with Gasteiger partial charge >= 0.3 is 5.63 Å². The average molecular weight is 392 g/mol. The Morgan fingerprint density at radius 3 is 2.62 bits per heavy atom. The van der Waals surface area contributed by atoms with Crippen LogP contribution in [-0.4, -0.2) is 12.9 Å². The van der Waals surface area contributed by atoms with Gasteiger partial charge in [0.25, 0.3) is 0 Å². The highest BCUT2D eigenvalue weighted by Crippen LogP contribution is 2.20. The van der Waals surface area contributed by atoms with Crippen molar-refractivity contribution < 1.29 is 13.9 Å². The zero-order valence-electron chi connectivity index (χ0n) is 16.8. The zero-order valence-corrected chi connectivity index (χ0v) is 16.8. The Labute approximate surface area is 171 Å². The average Bonchev–Trinajstić information content (AvgIpc) is 2.73. The standard InChI is InChI=1S/C25H28O4/c1-2-3-4-5-6-7-8-9-10-11-12-21(20-26)17-18-28-23-15-13-22-14-16-25(27)29-24(22)19-23/h3-4,7-16,19-21H,2,5-6,17-18H2,1H3/b4-3-,8-7+,10-9-,12-11+/t21-/m1/s1. The molecule has 0 fully saturated rings. The first-order chi connectivity index (χ1) is 14.2. The van der Waals surface area contributed by atoms with Gasteiger partial charge in [0.05, 0.1) is 6.61 Å². The second-order valence-electron chi connectivity index (χ2n) is 6.55. The van der Waals surface area contributed by atoms with Gasteiger partial charge in [-0.1, -0.05) is 55.5 Å². The lowest BCUT2D eigenvalue weighted by Crippen LogP contribution is -2.06. The summed E-state index contributed by atoms with van der Waals surface area (Å²) in [5.41, 5.74) is 0.0958. The first-order valence-electron chi connectivity index (χ1n) is 10.00. The quantitative estimate of drug-likeness (QED) is 0.151. The van der Waals surface area contributed by atoms with E-state index in [2.05, 4.69) is 25.2 Å². The van der Waals surface area contributed by atoms with E-state index in [1.54, 1.807) is 12.1 Å². The van der Waals surface area contributed by atoms with E-state index in [9.17, 15) is 9.59 Å². The van der Waals surface area contributed by atoms with Crippen molar-refractivity contribution in [3.8, 4) is 5.75 Å². The fraction of sp³-hybridized carbons (Fsp3) is 0.280. The Kier molecular flexibility index (Phi) is 10.0. The predicted molar refractivity (Wildman–Crippen MR) is 118 cm³/mol. The van der Waals surface area contributed by atoms with E-state index in [0.717, 1.165) is 30.9 Å². The van der Waals surface area contributed by atoms with Crippen LogP contribution < -0.4 is 10.4 Å². The lowest BCUT2D eigenvalue weighted by atomic mass is 10.1. The van der Waals surface area contributed by atoms with E-state index in [1.807, 2.05) is 42.5 Å². The Balaban J connectivity index is 1.74. The molecule has 0 spiro atoms. The molecule has 1 heterocycles. The summed E-state index contributed by atoms with van der Waals surface area (Å²) in [6, 6.07) is 8.45. The van der Waals surface area contributed by atoms with Crippen molar-refractivity contribution in [3.63, 3.8) is 0 Å². The summed E-state index contributed by atoms with van der Waals surface area (Å²) in [5, 5.41) is 0.837. The zero-order chi connectivity index (χ0) is 20.7. The highest BCUT2D eigenvalue weighted by molar-refractivity contribution is 5.77. The van der Waals surface area contributed by atoms with Crippen LogP contribution in [0.25, 0.3) is 11.0 Å². The molecule has 0 saturated carbocycles. The normalized spacial score (nSPS) is 13.3. The summed E-state index contributed by atoms with van der Waals surface area (Å²) in [5.74, 6) is 0.403. The Bertz CT molecular complexity index is 931. The smallest absolute Gasteiger partial charge is 0.336 e. The van der Waals surface area contributed by atoms with Crippen LogP contribution in [0.1, 0.15) is 32.6 Å². The molecule has 0 saturated heterocycles. The number of benzene rings is 1. The van der Waals surface area contributed by atoms with Gasteiger partial charge < -0.3 is 13.9 Å². The Morgan fingerprint density at radius 2 is 1.79 bits per heavy atom. The highest BCUT2D eigenvalue weighted by Gasteiger charge is 2.04. The molecule has 0 bridgehead atoms. The van der Waals surface area contributed by atoms with Gasteiger partial charge in [-0.05, 0) is 43.9 Å². The summed E-state index contributed by atoms with van der Waals surface area (Å²) in [6.07, 6.45) is 20.8. The van der Waals surface area contributed by atoms with Crippen molar-refractivity contribution in [1.82, 2.24) is 0 Å². The van der Waals surface area contributed by atoms with E-state index in [-0.39, 0.29) is 5.92 Å². The summed E-state index contributed by atoms with van der Waals surface area (Å²) in [7, 11) is 0. The van der Waals surface area contributed by atoms with E-state index < -0.39 is 5.63 Å². The third-order valence-corrected chi connectivity index (χ3v) is 4.22. The number of allylic oxidation sites excluding steroid dienone is 8. The minimum absolute atomic E-state index is 0.207. The lowest BCUT2D eigenvalue weighted by molar-refractivity contribution is -0.110. The van der Waals surface area contributed by atoms with Crippen LogP contribution in [0.3, 0.4) is 0 Å². The van der Waals surface area contributed by atoms with Crippen molar-refractivity contribution in [2.45, 2.75) is 32.6 Å². The molecule has 0 aliphatic heterocycles. The molecule has 4 heteroatoms. The molecular weight excluding hydrogens is 364 g/mol. The Morgan fingerprint density at radius 1 is 1.00 bits per heavy atom. The van der Waals surface area contributed by atoms with Gasteiger partial charge in [0, 0.05) is 23.4 Å². The first kappa shape index (κ1) is 22.2. The molecule has 1 aromatic carbocycles. The van der Waals surface area contributed by atoms with Crippen LogP contribution in [0.4, 0.5) is 0 Å². The third kappa shape index (κ3) is 8.60. The van der Waals surface area contributed by atoms with E-state index in [0.29, 0.717) is 24.4 Å². The second-order valence-corrected chi connectivity index (χ2v) is 6.55. The number of aldehydes is 1. The fourth-order valence-corrected chi connectivity index (χ4v) is 2.64. The van der Waals surface area contributed by atoms with Crippen molar-refractivity contribution >= 4 is 17.3 Å². The first-order valence-corrected chi connectivity index (χ1v) is 10.00. The number of hydrogen-bond acceptors (Lipinski definition) is 4. The largest absolute Gasteiger partial charge is 0.493 e.